The number of piperidine rings is 1. The minimum Gasteiger partial charge on any atom is -0.508 e. The molecule has 2 aromatic carbocycles. The Morgan fingerprint density at radius 3 is 2.75 bits per heavy atom. The van der Waals surface area contributed by atoms with Gasteiger partial charge in [-0.1, -0.05) is 24.3 Å². The molecule has 1 aliphatic heterocycles. The summed E-state index contributed by atoms with van der Waals surface area (Å²) < 4.78 is 0. The van der Waals surface area contributed by atoms with Crippen LogP contribution in [0.3, 0.4) is 0 Å². The van der Waals surface area contributed by atoms with E-state index in [1.807, 2.05) is 42.5 Å². The fourth-order valence-corrected chi connectivity index (χ4v) is 6.06. The van der Waals surface area contributed by atoms with Gasteiger partial charge < -0.3 is 20.4 Å². The molecule has 3 aliphatic rings. The lowest BCUT2D eigenvalue weighted by molar-refractivity contribution is -0.123. The molecule has 0 unspecified atom stereocenters. The summed E-state index contributed by atoms with van der Waals surface area (Å²) in [7, 11) is 2.08. The highest BCUT2D eigenvalue weighted by Gasteiger charge is 2.66. The van der Waals surface area contributed by atoms with E-state index in [1.54, 1.807) is 6.07 Å². The highest BCUT2D eigenvalue weighted by molar-refractivity contribution is 5.94. The number of aliphatic hydroxyl groups is 1. The van der Waals surface area contributed by atoms with Crippen LogP contribution in [-0.4, -0.2) is 52.3 Å². The number of aromatic hydroxyl groups is 1. The van der Waals surface area contributed by atoms with Crippen molar-refractivity contribution in [3.8, 4) is 5.75 Å². The summed E-state index contributed by atoms with van der Waals surface area (Å²) in [4.78, 5) is 15.0. The monoisotopic (exact) mass is 378 g/mol. The number of likely N-dealkylation sites (N-methyl/N-ethyl adjacent to an activating group) is 1. The van der Waals surface area contributed by atoms with E-state index in [1.165, 1.54) is 5.56 Å². The molecule has 0 radical (unpaired) electrons. The molecule has 1 saturated heterocycles. The van der Waals surface area contributed by atoms with Crippen LogP contribution in [0.1, 0.15) is 40.7 Å². The van der Waals surface area contributed by atoms with Gasteiger partial charge in [-0.05, 0) is 74.7 Å². The Morgan fingerprint density at radius 1 is 1.18 bits per heavy atom. The zero-order chi connectivity index (χ0) is 19.5. The number of amides is 1. The molecule has 1 heterocycles. The van der Waals surface area contributed by atoms with Gasteiger partial charge in [-0.3, -0.25) is 4.79 Å². The number of hydrogen-bond acceptors (Lipinski definition) is 4. The van der Waals surface area contributed by atoms with Gasteiger partial charge in [0.15, 0.2) is 0 Å². The van der Waals surface area contributed by atoms with E-state index in [0.717, 1.165) is 24.9 Å². The molecule has 0 aromatic heterocycles. The van der Waals surface area contributed by atoms with Crippen molar-refractivity contribution in [2.45, 2.75) is 48.8 Å². The maximum Gasteiger partial charge on any atom is 0.251 e. The molecule has 2 bridgehead atoms. The molecule has 3 N–H and O–H groups in total. The Kier molecular flexibility index (Phi) is 3.83. The first-order chi connectivity index (χ1) is 13.4. The first-order valence-corrected chi connectivity index (χ1v) is 10.0. The summed E-state index contributed by atoms with van der Waals surface area (Å²) >= 11 is 0. The fourth-order valence-electron chi connectivity index (χ4n) is 6.06. The zero-order valence-corrected chi connectivity index (χ0v) is 16.1. The molecule has 2 fully saturated rings. The van der Waals surface area contributed by atoms with E-state index in [0.29, 0.717) is 18.4 Å². The Morgan fingerprint density at radius 2 is 1.96 bits per heavy atom. The highest BCUT2D eigenvalue weighted by atomic mass is 16.3. The van der Waals surface area contributed by atoms with Crippen molar-refractivity contribution in [2.24, 2.45) is 0 Å². The number of fused-ring (bicyclic) bond motifs is 1. The summed E-state index contributed by atoms with van der Waals surface area (Å²) in [5.41, 5.74) is 1.57. The zero-order valence-electron chi connectivity index (χ0n) is 16.1. The molecular formula is C23H26N2O3. The minimum atomic E-state index is -0.907. The molecule has 5 rings (SSSR count). The molecular weight excluding hydrogens is 352 g/mol. The van der Waals surface area contributed by atoms with Crippen LogP contribution in [0.5, 0.6) is 5.75 Å². The van der Waals surface area contributed by atoms with Crippen LogP contribution in [0, 0.1) is 0 Å². The number of carbonyl (C=O) groups excluding carboxylic acids is 1. The fraction of sp³-hybridized carbons (Fsp3) is 0.435. The van der Waals surface area contributed by atoms with Crippen LogP contribution in [0.25, 0.3) is 0 Å². The van der Waals surface area contributed by atoms with Gasteiger partial charge in [-0.15, -0.1) is 0 Å². The smallest absolute Gasteiger partial charge is 0.251 e. The summed E-state index contributed by atoms with van der Waals surface area (Å²) in [5.74, 6) is 0.146. The average Bonchev–Trinajstić information content (AvgIpc) is 2.99. The first-order valence-electron chi connectivity index (χ1n) is 10.0. The quantitative estimate of drug-likeness (QED) is 0.749. The van der Waals surface area contributed by atoms with Gasteiger partial charge in [0.1, 0.15) is 5.75 Å². The van der Waals surface area contributed by atoms with E-state index >= 15 is 0 Å². The van der Waals surface area contributed by atoms with Crippen molar-refractivity contribution < 1.29 is 15.0 Å². The number of rotatable bonds is 2. The number of phenols is 1. The summed E-state index contributed by atoms with van der Waals surface area (Å²) in [6.07, 6.45) is 2.83. The second-order valence-electron chi connectivity index (χ2n) is 8.74. The third-order valence-corrected chi connectivity index (χ3v) is 7.35. The van der Waals surface area contributed by atoms with Crippen LogP contribution in [-0.2, 0) is 11.8 Å². The Bertz CT molecular complexity index is 931. The summed E-state index contributed by atoms with van der Waals surface area (Å²) in [5, 5.41) is 25.3. The molecule has 146 valence electrons. The van der Waals surface area contributed by atoms with Gasteiger partial charge in [0.05, 0.1) is 5.60 Å². The normalized spacial score (nSPS) is 33.8. The van der Waals surface area contributed by atoms with Gasteiger partial charge >= 0.3 is 0 Å². The second-order valence-corrected chi connectivity index (χ2v) is 8.74. The second kappa shape index (κ2) is 6.06. The predicted octanol–water partition coefficient (Wildman–Crippen LogP) is 2.21. The number of likely N-dealkylation sites (tertiary alicyclic amines) is 1. The van der Waals surface area contributed by atoms with Gasteiger partial charge in [-0.25, -0.2) is 0 Å². The maximum atomic E-state index is 12.7. The predicted molar refractivity (Wildman–Crippen MR) is 106 cm³/mol. The topological polar surface area (TPSA) is 72.8 Å². The summed E-state index contributed by atoms with van der Waals surface area (Å²) in [6, 6.07) is 14.7. The third-order valence-electron chi connectivity index (χ3n) is 7.35. The molecule has 28 heavy (non-hydrogen) atoms. The highest BCUT2D eigenvalue weighted by Crippen LogP contribution is 2.59. The largest absolute Gasteiger partial charge is 0.508 e. The number of nitrogens with zero attached hydrogens (tertiary/aromatic N) is 1. The van der Waals surface area contributed by atoms with Crippen LogP contribution in [0.4, 0.5) is 0 Å². The third kappa shape index (κ3) is 2.36. The standard InChI is InChI=1S/C23H26N2O3/c1-25-10-9-22-13-17(24-21(27)15-5-3-2-4-6-15)14-23(22,28)20(25)11-16-7-8-18(26)12-19(16)22/h2-8,12,17,20,26,28H,9-11,13-14H2,1H3,(H,24,27)/t17-,20+,22+,23+/m0/s1. The molecule has 5 heteroatoms. The number of hydrogen-bond donors (Lipinski definition) is 3. The van der Waals surface area contributed by atoms with Crippen LogP contribution in [0.2, 0.25) is 0 Å². The lowest BCUT2D eigenvalue weighted by Crippen LogP contribution is -2.68. The molecule has 4 atom stereocenters. The van der Waals surface area contributed by atoms with Gasteiger partial charge in [-0.2, -0.15) is 0 Å². The molecule has 5 nitrogen and oxygen atoms in total. The van der Waals surface area contributed by atoms with Crippen LogP contribution < -0.4 is 5.32 Å². The van der Waals surface area contributed by atoms with E-state index in [9.17, 15) is 15.0 Å². The van der Waals surface area contributed by atoms with Crippen molar-refractivity contribution in [3.63, 3.8) is 0 Å². The SMILES string of the molecule is CN1CC[C@]23C[C@H](NC(=O)c4ccccc4)C[C@@]2(O)[C@H]1Cc1ccc(O)cc13. The Hall–Kier alpha value is -2.37. The van der Waals surface area contributed by atoms with Gasteiger partial charge in [0.2, 0.25) is 0 Å². The van der Waals surface area contributed by atoms with Crippen molar-refractivity contribution in [1.82, 2.24) is 10.2 Å². The van der Waals surface area contributed by atoms with E-state index in [2.05, 4.69) is 17.3 Å². The minimum absolute atomic E-state index is 0.0249. The number of nitrogens with one attached hydrogen (secondary N) is 1. The van der Waals surface area contributed by atoms with Crippen molar-refractivity contribution in [1.29, 1.82) is 0 Å². The Balaban J connectivity index is 1.53. The van der Waals surface area contributed by atoms with Crippen molar-refractivity contribution in [3.05, 3.63) is 65.2 Å². The number of carbonyl (C=O) groups is 1. The summed E-state index contributed by atoms with van der Waals surface area (Å²) in [6.45, 7) is 0.904. The lowest BCUT2D eigenvalue weighted by atomic mass is 9.56. The van der Waals surface area contributed by atoms with Crippen molar-refractivity contribution >= 4 is 5.91 Å². The first kappa shape index (κ1) is 17.7. The number of benzene rings is 2. The average molecular weight is 378 g/mol. The van der Waals surface area contributed by atoms with Crippen molar-refractivity contribution in [2.75, 3.05) is 13.6 Å². The molecule has 1 saturated carbocycles. The van der Waals surface area contributed by atoms with E-state index < -0.39 is 11.0 Å². The lowest BCUT2D eigenvalue weighted by Gasteiger charge is -2.58. The molecule has 1 amide bonds. The maximum absolute atomic E-state index is 12.7. The van der Waals surface area contributed by atoms with Gasteiger partial charge in [0.25, 0.3) is 5.91 Å². The van der Waals surface area contributed by atoms with Crippen LogP contribution in [0.15, 0.2) is 48.5 Å². The molecule has 2 aliphatic carbocycles. The number of phenolic OH excluding ortho intramolecular Hbond substituents is 1. The van der Waals surface area contributed by atoms with Crippen LogP contribution >= 0.6 is 0 Å². The van der Waals surface area contributed by atoms with Gasteiger partial charge in [0, 0.05) is 23.1 Å². The Labute approximate surface area is 165 Å². The molecule has 0 spiro atoms. The van der Waals surface area contributed by atoms with E-state index in [-0.39, 0.29) is 23.7 Å². The van der Waals surface area contributed by atoms with E-state index in [4.69, 9.17) is 0 Å². The molecule has 2 aromatic rings.